The van der Waals surface area contributed by atoms with Crippen molar-refractivity contribution in [3.05, 3.63) is 257 Å². The Hall–Kier alpha value is -8.26. The van der Waals surface area contributed by atoms with Crippen LogP contribution in [0.1, 0.15) is 50.7 Å². The van der Waals surface area contributed by atoms with Crippen LogP contribution in [0.2, 0.25) is 0 Å². The third-order valence-corrected chi connectivity index (χ3v) is 12.8. The highest BCUT2D eigenvalue weighted by Crippen LogP contribution is 2.63. The van der Waals surface area contributed by atoms with E-state index >= 15 is 0 Å². The standard InChI is InChI=1S/C58H37N3O/c59-36-37-26-28-38(29-27-37)42-32-33-45(44-19-8-7-18-43(42)44)46-20-13-23-50-56(46)47-31-30-41(34-51(47)58(50)48-21-9-11-24-54(48)62-55-25-12-10-22-49(55)58)53-35-52(39-14-3-1-4-15-39)60-57(61-53)40-16-5-2-6-17-40/h1-35,57,60H. The molecule has 1 unspecified atom stereocenters. The predicted molar refractivity (Wildman–Crippen MR) is 250 cm³/mol. The molecule has 62 heavy (non-hydrogen) atoms. The number of hydrogen-bond donors (Lipinski definition) is 1. The first-order chi connectivity index (χ1) is 30.7. The van der Waals surface area contributed by atoms with Gasteiger partial charge in [0.25, 0.3) is 0 Å². The van der Waals surface area contributed by atoms with Gasteiger partial charge in [-0.25, -0.2) is 0 Å². The first-order valence-corrected chi connectivity index (χ1v) is 21.0. The molecular formula is C58H37N3O. The van der Waals surface area contributed by atoms with Gasteiger partial charge in [0, 0.05) is 22.4 Å². The quantitative estimate of drug-likeness (QED) is 0.189. The largest absolute Gasteiger partial charge is 0.457 e. The molecule has 12 rings (SSSR count). The van der Waals surface area contributed by atoms with E-state index in [1.165, 1.54) is 38.8 Å². The van der Waals surface area contributed by atoms with E-state index in [2.05, 4.69) is 193 Å². The van der Waals surface area contributed by atoms with Crippen LogP contribution in [0, 0.1) is 11.3 Å². The van der Waals surface area contributed by atoms with Crippen LogP contribution in [0.4, 0.5) is 0 Å². The number of nitriles is 1. The van der Waals surface area contributed by atoms with Crippen molar-refractivity contribution in [1.29, 1.82) is 5.26 Å². The van der Waals surface area contributed by atoms with Crippen LogP contribution in [0.25, 0.3) is 49.9 Å². The SMILES string of the molecule is N#Cc1ccc(-c2ccc(-c3cccc4c3-c3ccc(C5=NC(c6ccccc6)NC(c6ccccc6)=C5)cc3C43c4ccccc4Oc4ccccc43)c3ccccc23)cc1. The molecule has 0 aromatic heterocycles. The van der Waals surface area contributed by atoms with Gasteiger partial charge in [-0.2, -0.15) is 5.26 Å². The van der Waals surface area contributed by atoms with Crippen molar-refractivity contribution in [2.45, 2.75) is 11.6 Å². The molecule has 1 N–H and O–H groups in total. The maximum absolute atomic E-state index is 9.50. The Labute approximate surface area is 360 Å². The number of nitrogens with zero attached hydrogens (tertiary/aromatic N) is 2. The minimum absolute atomic E-state index is 0.262. The van der Waals surface area contributed by atoms with Crippen LogP contribution in [0.5, 0.6) is 11.5 Å². The molecule has 2 heterocycles. The number of ether oxygens (including phenoxy) is 1. The lowest BCUT2D eigenvalue weighted by molar-refractivity contribution is 0.436. The zero-order valence-corrected chi connectivity index (χ0v) is 33.6. The van der Waals surface area contributed by atoms with E-state index < -0.39 is 5.41 Å². The summed E-state index contributed by atoms with van der Waals surface area (Å²) >= 11 is 0. The fourth-order valence-electron chi connectivity index (χ4n) is 10.1. The monoisotopic (exact) mass is 791 g/mol. The molecule has 1 aliphatic carbocycles. The average molecular weight is 792 g/mol. The summed E-state index contributed by atoms with van der Waals surface area (Å²) in [4.78, 5) is 5.43. The van der Waals surface area contributed by atoms with E-state index in [1.54, 1.807) is 0 Å². The second-order valence-corrected chi connectivity index (χ2v) is 16.1. The second kappa shape index (κ2) is 14.2. The van der Waals surface area contributed by atoms with Gasteiger partial charge in [0.2, 0.25) is 0 Å². The Kier molecular flexibility index (Phi) is 8.16. The van der Waals surface area contributed by atoms with E-state index in [1.807, 2.05) is 30.3 Å². The molecule has 3 aliphatic rings. The highest BCUT2D eigenvalue weighted by molar-refractivity contribution is 6.14. The number of benzene rings is 9. The van der Waals surface area contributed by atoms with Crippen molar-refractivity contribution >= 4 is 22.2 Å². The van der Waals surface area contributed by atoms with E-state index in [0.717, 1.165) is 67.2 Å². The lowest BCUT2D eigenvalue weighted by Gasteiger charge is -2.39. The minimum atomic E-state index is -0.682. The number of fused-ring (bicyclic) bond motifs is 10. The number of para-hydroxylation sites is 2. The summed E-state index contributed by atoms with van der Waals surface area (Å²) in [7, 11) is 0. The zero-order chi connectivity index (χ0) is 41.2. The molecular weight excluding hydrogens is 755 g/mol. The van der Waals surface area contributed by atoms with Crippen LogP contribution in [-0.2, 0) is 5.41 Å². The van der Waals surface area contributed by atoms with Gasteiger partial charge in [-0.3, -0.25) is 4.99 Å². The average Bonchev–Trinajstić information content (AvgIpc) is 3.64. The third-order valence-electron chi connectivity index (χ3n) is 12.8. The van der Waals surface area contributed by atoms with Gasteiger partial charge >= 0.3 is 0 Å². The van der Waals surface area contributed by atoms with Gasteiger partial charge < -0.3 is 10.1 Å². The lowest BCUT2D eigenvalue weighted by atomic mass is 9.65. The molecule has 2 aliphatic heterocycles. The van der Waals surface area contributed by atoms with E-state index in [9.17, 15) is 5.26 Å². The van der Waals surface area contributed by atoms with Crippen molar-refractivity contribution in [2.24, 2.45) is 4.99 Å². The van der Waals surface area contributed by atoms with E-state index in [0.29, 0.717) is 5.56 Å². The van der Waals surface area contributed by atoms with Crippen molar-refractivity contribution in [2.75, 3.05) is 0 Å². The maximum atomic E-state index is 9.50. The fourth-order valence-corrected chi connectivity index (χ4v) is 10.1. The number of rotatable bonds is 5. The molecule has 1 spiro atoms. The Bertz CT molecular complexity index is 3310. The molecule has 9 aromatic carbocycles. The topological polar surface area (TPSA) is 57.4 Å². The highest BCUT2D eigenvalue weighted by atomic mass is 16.5. The second-order valence-electron chi connectivity index (χ2n) is 16.1. The van der Waals surface area contributed by atoms with Crippen LogP contribution in [0.15, 0.2) is 217 Å². The first kappa shape index (κ1) is 35.7. The summed E-state index contributed by atoms with van der Waals surface area (Å²) in [5.41, 5.74) is 16.8. The molecule has 0 bridgehead atoms. The molecule has 1 atom stereocenters. The number of nitrogens with one attached hydrogen (secondary N) is 1. The van der Waals surface area contributed by atoms with Crippen molar-refractivity contribution in [3.63, 3.8) is 0 Å². The smallest absolute Gasteiger partial charge is 0.145 e. The fraction of sp³-hybridized carbons (Fsp3) is 0.0345. The normalized spacial score (nSPS) is 15.2. The number of aliphatic imine (C=N–C) groups is 1. The molecule has 0 fully saturated rings. The summed E-state index contributed by atoms with van der Waals surface area (Å²) in [5.74, 6) is 1.71. The van der Waals surface area contributed by atoms with Crippen molar-refractivity contribution < 1.29 is 4.74 Å². The summed E-state index contributed by atoms with van der Waals surface area (Å²) in [6.45, 7) is 0. The van der Waals surface area contributed by atoms with Crippen LogP contribution < -0.4 is 10.1 Å². The van der Waals surface area contributed by atoms with Crippen molar-refractivity contribution in [3.8, 4) is 50.9 Å². The summed E-state index contributed by atoms with van der Waals surface area (Å²) in [6, 6.07) is 75.2. The van der Waals surface area contributed by atoms with Crippen LogP contribution >= 0.6 is 0 Å². The van der Waals surface area contributed by atoms with Crippen LogP contribution in [0.3, 0.4) is 0 Å². The highest BCUT2D eigenvalue weighted by Gasteiger charge is 2.52. The molecule has 0 radical (unpaired) electrons. The van der Waals surface area contributed by atoms with E-state index in [-0.39, 0.29) is 6.17 Å². The van der Waals surface area contributed by atoms with Gasteiger partial charge in [-0.15, -0.1) is 0 Å². The lowest BCUT2D eigenvalue weighted by Crippen LogP contribution is -2.32. The van der Waals surface area contributed by atoms with E-state index in [4.69, 9.17) is 9.73 Å². The molecule has 4 heteroatoms. The molecule has 0 saturated carbocycles. The minimum Gasteiger partial charge on any atom is -0.457 e. The molecule has 290 valence electrons. The Balaban J connectivity index is 1.12. The molecule has 0 amide bonds. The van der Waals surface area contributed by atoms with Gasteiger partial charge in [-0.1, -0.05) is 176 Å². The Morgan fingerprint density at radius 1 is 0.484 bits per heavy atom. The van der Waals surface area contributed by atoms with Crippen LogP contribution in [-0.4, -0.2) is 5.71 Å². The number of allylic oxidation sites excluding steroid dienone is 1. The predicted octanol–water partition coefficient (Wildman–Crippen LogP) is 13.6. The Morgan fingerprint density at radius 3 is 1.81 bits per heavy atom. The summed E-state index contributed by atoms with van der Waals surface area (Å²) < 4.78 is 6.75. The maximum Gasteiger partial charge on any atom is 0.145 e. The molecule has 0 saturated heterocycles. The summed E-state index contributed by atoms with van der Waals surface area (Å²) in [6.07, 6.45) is 1.94. The van der Waals surface area contributed by atoms with Gasteiger partial charge in [0.15, 0.2) is 0 Å². The molecule has 9 aromatic rings. The van der Waals surface area contributed by atoms with Gasteiger partial charge in [-0.05, 0) is 103 Å². The third kappa shape index (κ3) is 5.42. The number of hydrogen-bond acceptors (Lipinski definition) is 4. The Morgan fingerprint density at radius 2 is 1.08 bits per heavy atom. The molecule has 4 nitrogen and oxygen atoms in total. The van der Waals surface area contributed by atoms with Gasteiger partial charge in [0.1, 0.15) is 17.7 Å². The van der Waals surface area contributed by atoms with Crippen molar-refractivity contribution in [1.82, 2.24) is 5.32 Å². The zero-order valence-electron chi connectivity index (χ0n) is 33.6. The summed E-state index contributed by atoms with van der Waals surface area (Å²) in [5, 5.41) is 15.6. The first-order valence-electron chi connectivity index (χ1n) is 21.0. The van der Waals surface area contributed by atoms with Gasteiger partial charge in [0.05, 0.1) is 22.8 Å².